The summed E-state index contributed by atoms with van der Waals surface area (Å²) in [5, 5.41) is 20.7. The molecule has 1 aliphatic heterocycles. The van der Waals surface area contributed by atoms with Gasteiger partial charge in [0.2, 0.25) is 0 Å². The molecule has 0 amide bonds. The van der Waals surface area contributed by atoms with Crippen molar-refractivity contribution in [3.63, 3.8) is 0 Å². The molecule has 19 heavy (non-hydrogen) atoms. The maximum Gasteiger partial charge on any atom is 0.292 e. The second-order valence-electron chi connectivity index (χ2n) is 5.31. The topological polar surface area (TPSA) is 66.6 Å². The van der Waals surface area contributed by atoms with E-state index in [1.807, 2.05) is 19.9 Å². The van der Waals surface area contributed by atoms with Crippen LogP contribution in [0.25, 0.3) is 0 Å². The highest BCUT2D eigenvalue weighted by molar-refractivity contribution is 5.64. The maximum atomic E-state index is 11.1. The summed E-state index contributed by atoms with van der Waals surface area (Å²) in [6, 6.07) is 5.22. The van der Waals surface area contributed by atoms with Gasteiger partial charge in [0, 0.05) is 19.2 Å². The zero-order valence-electron chi connectivity index (χ0n) is 11.4. The molecule has 1 unspecified atom stereocenters. The van der Waals surface area contributed by atoms with Crippen LogP contribution in [0, 0.1) is 23.0 Å². The first kappa shape index (κ1) is 13.8. The van der Waals surface area contributed by atoms with Crippen LogP contribution < -0.4 is 4.90 Å². The summed E-state index contributed by atoms with van der Waals surface area (Å²) in [5.74, 6) is 0.306. The molecule has 1 aromatic carbocycles. The van der Waals surface area contributed by atoms with Gasteiger partial charge in [0.25, 0.3) is 5.69 Å². The fourth-order valence-electron chi connectivity index (χ4n) is 2.66. The molecule has 1 N–H and O–H groups in total. The summed E-state index contributed by atoms with van der Waals surface area (Å²) in [7, 11) is 0. The molecule has 2 rings (SSSR count). The molecule has 1 aliphatic rings. The summed E-state index contributed by atoms with van der Waals surface area (Å²) in [6.07, 6.45) is 1.46. The van der Waals surface area contributed by atoms with Crippen molar-refractivity contribution < 1.29 is 10.0 Å². The minimum absolute atomic E-state index is 0.168. The molecule has 5 nitrogen and oxygen atoms in total. The molecule has 0 spiro atoms. The summed E-state index contributed by atoms with van der Waals surface area (Å²) in [5.41, 5.74) is 1.90. The van der Waals surface area contributed by atoms with Crippen molar-refractivity contribution in [2.24, 2.45) is 5.92 Å². The second kappa shape index (κ2) is 5.57. The van der Waals surface area contributed by atoms with Crippen molar-refractivity contribution in [3.05, 3.63) is 33.9 Å². The van der Waals surface area contributed by atoms with E-state index in [2.05, 4.69) is 4.90 Å². The molecule has 0 radical (unpaired) electrons. The predicted molar refractivity (Wildman–Crippen MR) is 74.5 cm³/mol. The number of piperidine rings is 1. The maximum absolute atomic E-state index is 11.1. The van der Waals surface area contributed by atoms with Gasteiger partial charge in [0.1, 0.15) is 5.69 Å². The Morgan fingerprint density at radius 3 is 2.58 bits per heavy atom. The van der Waals surface area contributed by atoms with Gasteiger partial charge in [-0.05, 0) is 44.2 Å². The standard InChI is InChI=1S/C14H20N2O3/c1-10-3-4-13(16(18)19)14(9-10)15-7-5-12(6-8-15)11(2)17/h3-4,9,11-12,17H,5-8H2,1-2H3. The fourth-order valence-corrected chi connectivity index (χ4v) is 2.66. The van der Waals surface area contributed by atoms with Gasteiger partial charge in [-0.3, -0.25) is 10.1 Å². The van der Waals surface area contributed by atoms with Crippen LogP contribution in [-0.4, -0.2) is 29.2 Å². The van der Waals surface area contributed by atoms with Gasteiger partial charge in [-0.1, -0.05) is 6.07 Å². The van der Waals surface area contributed by atoms with Crippen molar-refractivity contribution >= 4 is 11.4 Å². The minimum atomic E-state index is -0.324. The van der Waals surface area contributed by atoms with E-state index in [1.54, 1.807) is 12.1 Å². The first-order valence-electron chi connectivity index (χ1n) is 6.67. The predicted octanol–water partition coefficient (Wildman–Crippen LogP) is 2.50. The Morgan fingerprint density at radius 2 is 2.05 bits per heavy atom. The summed E-state index contributed by atoms with van der Waals surface area (Å²) < 4.78 is 0. The number of aliphatic hydroxyl groups excluding tert-OH is 1. The smallest absolute Gasteiger partial charge is 0.292 e. The molecular formula is C14H20N2O3. The van der Waals surface area contributed by atoms with Crippen molar-refractivity contribution in [1.82, 2.24) is 0 Å². The molecule has 1 saturated heterocycles. The number of rotatable bonds is 3. The minimum Gasteiger partial charge on any atom is -0.393 e. The summed E-state index contributed by atoms with van der Waals surface area (Å²) in [6.45, 7) is 5.28. The quantitative estimate of drug-likeness (QED) is 0.673. The molecule has 0 bridgehead atoms. The zero-order chi connectivity index (χ0) is 14.0. The summed E-state index contributed by atoms with van der Waals surface area (Å²) in [4.78, 5) is 12.8. The lowest BCUT2D eigenvalue weighted by Gasteiger charge is -2.34. The number of hydrogen-bond acceptors (Lipinski definition) is 4. The lowest BCUT2D eigenvalue weighted by Crippen LogP contribution is -2.37. The van der Waals surface area contributed by atoms with Crippen LogP contribution in [-0.2, 0) is 0 Å². The fraction of sp³-hybridized carbons (Fsp3) is 0.571. The molecule has 0 aromatic heterocycles. The molecule has 5 heteroatoms. The van der Waals surface area contributed by atoms with Gasteiger partial charge in [-0.15, -0.1) is 0 Å². The highest BCUT2D eigenvalue weighted by atomic mass is 16.6. The van der Waals surface area contributed by atoms with Gasteiger partial charge < -0.3 is 10.0 Å². The average Bonchev–Trinajstić information content (AvgIpc) is 2.38. The van der Waals surface area contributed by atoms with Gasteiger partial charge in [0.15, 0.2) is 0 Å². The number of aliphatic hydroxyl groups is 1. The first-order chi connectivity index (χ1) is 8.99. The van der Waals surface area contributed by atoms with E-state index < -0.39 is 0 Å². The van der Waals surface area contributed by atoms with Crippen LogP contribution in [0.4, 0.5) is 11.4 Å². The average molecular weight is 264 g/mol. The van der Waals surface area contributed by atoms with Crippen LogP contribution in [0.5, 0.6) is 0 Å². The van der Waals surface area contributed by atoms with E-state index >= 15 is 0 Å². The third kappa shape index (κ3) is 3.04. The zero-order valence-corrected chi connectivity index (χ0v) is 11.4. The van der Waals surface area contributed by atoms with Gasteiger partial charge in [-0.25, -0.2) is 0 Å². The molecule has 1 fully saturated rings. The van der Waals surface area contributed by atoms with E-state index in [0.717, 1.165) is 31.5 Å². The third-order valence-electron chi connectivity index (χ3n) is 3.89. The van der Waals surface area contributed by atoms with Crippen LogP contribution in [0.3, 0.4) is 0 Å². The normalized spacial score (nSPS) is 18.4. The monoisotopic (exact) mass is 264 g/mol. The summed E-state index contributed by atoms with van der Waals surface area (Å²) >= 11 is 0. The van der Waals surface area contributed by atoms with E-state index in [9.17, 15) is 15.2 Å². The first-order valence-corrected chi connectivity index (χ1v) is 6.67. The highest BCUT2D eigenvalue weighted by Gasteiger charge is 2.26. The molecule has 1 aromatic rings. The van der Waals surface area contributed by atoms with Crippen molar-refractivity contribution in [2.75, 3.05) is 18.0 Å². The molecule has 0 saturated carbocycles. The van der Waals surface area contributed by atoms with Gasteiger partial charge >= 0.3 is 0 Å². The molecule has 1 atom stereocenters. The molecule has 104 valence electrons. The Labute approximate surface area is 113 Å². The largest absolute Gasteiger partial charge is 0.393 e. The van der Waals surface area contributed by atoms with E-state index in [1.165, 1.54) is 0 Å². The van der Waals surface area contributed by atoms with E-state index in [0.29, 0.717) is 11.6 Å². The van der Waals surface area contributed by atoms with Gasteiger partial charge in [-0.2, -0.15) is 0 Å². The van der Waals surface area contributed by atoms with Crippen molar-refractivity contribution in [2.45, 2.75) is 32.8 Å². The number of aryl methyl sites for hydroxylation is 1. The third-order valence-corrected chi connectivity index (χ3v) is 3.89. The van der Waals surface area contributed by atoms with Crippen LogP contribution in [0.2, 0.25) is 0 Å². The van der Waals surface area contributed by atoms with Crippen LogP contribution >= 0.6 is 0 Å². The molecule has 0 aliphatic carbocycles. The highest BCUT2D eigenvalue weighted by Crippen LogP contribution is 2.32. The number of hydrogen-bond donors (Lipinski definition) is 1. The Morgan fingerprint density at radius 1 is 1.42 bits per heavy atom. The SMILES string of the molecule is Cc1ccc([N+](=O)[O-])c(N2CCC(C(C)O)CC2)c1. The van der Waals surface area contributed by atoms with E-state index in [-0.39, 0.29) is 16.7 Å². The lowest BCUT2D eigenvalue weighted by atomic mass is 9.92. The molecular weight excluding hydrogens is 244 g/mol. The van der Waals surface area contributed by atoms with Crippen molar-refractivity contribution in [1.29, 1.82) is 0 Å². The van der Waals surface area contributed by atoms with Crippen LogP contribution in [0.1, 0.15) is 25.3 Å². The second-order valence-corrected chi connectivity index (χ2v) is 5.31. The Balaban J connectivity index is 2.19. The van der Waals surface area contributed by atoms with Crippen LogP contribution in [0.15, 0.2) is 18.2 Å². The molecule has 1 heterocycles. The number of benzene rings is 1. The Hall–Kier alpha value is -1.62. The van der Waals surface area contributed by atoms with Gasteiger partial charge in [0.05, 0.1) is 11.0 Å². The van der Waals surface area contributed by atoms with Crippen molar-refractivity contribution in [3.8, 4) is 0 Å². The number of nitro groups is 1. The van der Waals surface area contributed by atoms with E-state index in [4.69, 9.17) is 0 Å². The Bertz CT molecular complexity index is 466. The Kier molecular flexibility index (Phi) is 4.04. The number of nitrogens with zero attached hydrogens (tertiary/aromatic N) is 2. The number of nitro benzene ring substituents is 1. The number of anilines is 1. The lowest BCUT2D eigenvalue weighted by molar-refractivity contribution is -0.384.